The van der Waals surface area contributed by atoms with Gasteiger partial charge in [0.2, 0.25) is 17.7 Å². The molecule has 3 amide bonds. The molecule has 0 rings (SSSR count). The summed E-state index contributed by atoms with van der Waals surface area (Å²) in [5, 5.41) is 7.98. The zero-order chi connectivity index (χ0) is 28.8. The average Bonchev–Trinajstić information content (AvgIpc) is 2.93. The number of rotatable bonds is 28. The summed E-state index contributed by atoms with van der Waals surface area (Å²) in [7, 11) is 0. The van der Waals surface area contributed by atoms with Crippen molar-refractivity contribution in [1.29, 1.82) is 0 Å². The van der Waals surface area contributed by atoms with E-state index in [0.29, 0.717) is 98.4 Å². The number of carbonyl (C=O) groups is 3. The van der Waals surface area contributed by atoms with E-state index in [0.717, 1.165) is 0 Å². The third-order valence-corrected chi connectivity index (χ3v) is 4.74. The van der Waals surface area contributed by atoms with Crippen LogP contribution in [0, 0.1) is 12.3 Å². The number of carbonyl (C=O) groups excluding carboxylic acids is 3. The Morgan fingerprint density at radius 3 is 1.67 bits per heavy atom. The normalized spacial score (nSPS) is 11.5. The summed E-state index contributed by atoms with van der Waals surface area (Å²) in [5.41, 5.74) is 10.6. The maximum atomic E-state index is 12.4. The lowest BCUT2D eigenvalue weighted by molar-refractivity contribution is -0.132. The Morgan fingerprint density at radius 2 is 1.15 bits per heavy atom. The molecule has 1 atom stereocenters. The highest BCUT2D eigenvalue weighted by Gasteiger charge is 2.20. The van der Waals surface area contributed by atoms with Gasteiger partial charge in [-0.05, 0) is 19.3 Å². The Bertz CT molecular complexity index is 664. The average molecular weight is 562 g/mol. The number of hydrogen-bond acceptors (Lipinski definition) is 11. The van der Waals surface area contributed by atoms with Crippen LogP contribution in [0.1, 0.15) is 19.3 Å². The Labute approximate surface area is 231 Å². The fourth-order valence-electron chi connectivity index (χ4n) is 2.89. The highest BCUT2D eigenvalue weighted by molar-refractivity contribution is 5.88. The summed E-state index contributed by atoms with van der Waals surface area (Å²) in [6, 6.07) is -0.773. The molecule has 0 bridgehead atoms. The first kappa shape index (κ1) is 36.6. The van der Waals surface area contributed by atoms with E-state index in [1.54, 1.807) is 0 Å². The van der Waals surface area contributed by atoms with E-state index in [4.69, 9.17) is 46.3 Å². The van der Waals surface area contributed by atoms with Crippen molar-refractivity contribution in [2.75, 3.05) is 105 Å². The minimum Gasteiger partial charge on any atom is -0.378 e. The molecule has 0 heterocycles. The van der Waals surface area contributed by atoms with Crippen LogP contribution in [0.2, 0.25) is 0 Å². The molecular formula is C25H47N5O9. The molecule has 0 aromatic rings. The van der Waals surface area contributed by atoms with Crippen LogP contribution in [0.25, 0.3) is 0 Å². The summed E-state index contributed by atoms with van der Waals surface area (Å²) in [4.78, 5) is 36.5. The molecule has 7 N–H and O–H groups in total. The van der Waals surface area contributed by atoms with Gasteiger partial charge in [-0.1, -0.05) is 5.92 Å². The number of nitrogens with one attached hydrogen (secondary N) is 3. The zero-order valence-electron chi connectivity index (χ0n) is 22.9. The summed E-state index contributed by atoms with van der Waals surface area (Å²) >= 11 is 0. The minimum absolute atomic E-state index is 0.0528. The highest BCUT2D eigenvalue weighted by Crippen LogP contribution is 2.02. The largest absolute Gasteiger partial charge is 0.378 e. The van der Waals surface area contributed by atoms with Crippen molar-refractivity contribution in [1.82, 2.24) is 16.0 Å². The number of amides is 3. The first-order valence-corrected chi connectivity index (χ1v) is 13.2. The minimum atomic E-state index is -0.773. The smallest absolute Gasteiger partial charge is 0.246 e. The van der Waals surface area contributed by atoms with E-state index >= 15 is 0 Å². The highest BCUT2D eigenvalue weighted by atomic mass is 16.5. The Balaban J connectivity index is 4.01. The standard InChI is InChI=1S/C25H47N5O9/c1-2-8-29-25(33)22(30-24(32)21-39-19-17-37-15-13-35-11-7-27)5-3-4-9-28-23(31)20-38-18-16-36-14-12-34-10-6-26/h1,22H,3-21,26-27H2,(H,28,31)(H,29,33)(H,30,32)/t22-/m0/s1. The zero-order valence-corrected chi connectivity index (χ0v) is 22.9. The number of terminal acetylenes is 1. The number of ether oxygens (including phenoxy) is 6. The molecule has 0 radical (unpaired) electrons. The first-order valence-electron chi connectivity index (χ1n) is 13.2. The van der Waals surface area contributed by atoms with Crippen LogP contribution in [-0.2, 0) is 42.8 Å². The molecule has 0 saturated heterocycles. The predicted octanol–water partition coefficient (Wildman–Crippen LogP) is -2.48. The lowest BCUT2D eigenvalue weighted by atomic mass is 10.1. The molecular weight excluding hydrogens is 514 g/mol. The van der Waals surface area contributed by atoms with Crippen LogP contribution in [0.5, 0.6) is 0 Å². The Kier molecular flexibility index (Phi) is 26.9. The molecule has 0 unspecified atom stereocenters. The maximum absolute atomic E-state index is 12.4. The van der Waals surface area contributed by atoms with Crippen LogP contribution >= 0.6 is 0 Å². The second kappa shape index (κ2) is 28.7. The SMILES string of the molecule is C#CCNC(=O)[C@H](CCCCNC(=O)COCCOCCOCCN)NC(=O)COCCOCCOCCN. The summed E-state index contributed by atoms with van der Waals surface area (Å²) < 4.78 is 31.5. The molecule has 226 valence electrons. The summed E-state index contributed by atoms with van der Waals surface area (Å²) in [6.07, 6.45) is 6.76. The van der Waals surface area contributed by atoms with Crippen LogP contribution in [0.15, 0.2) is 0 Å². The molecule has 0 spiro atoms. The number of unbranched alkanes of at least 4 members (excludes halogenated alkanes) is 1. The van der Waals surface area contributed by atoms with Gasteiger partial charge >= 0.3 is 0 Å². The Morgan fingerprint density at radius 1 is 0.667 bits per heavy atom. The van der Waals surface area contributed by atoms with Crippen molar-refractivity contribution < 1.29 is 42.8 Å². The number of nitrogens with two attached hydrogens (primary N) is 2. The molecule has 39 heavy (non-hydrogen) atoms. The first-order chi connectivity index (χ1) is 19.0. The molecule has 0 aliphatic carbocycles. The monoisotopic (exact) mass is 561 g/mol. The lowest BCUT2D eigenvalue weighted by Crippen LogP contribution is -2.48. The lowest BCUT2D eigenvalue weighted by Gasteiger charge is -2.18. The maximum Gasteiger partial charge on any atom is 0.246 e. The van der Waals surface area contributed by atoms with E-state index in [9.17, 15) is 14.4 Å². The van der Waals surface area contributed by atoms with E-state index in [2.05, 4.69) is 21.9 Å². The summed E-state index contributed by atoms with van der Waals surface area (Å²) in [5.74, 6) is 1.27. The van der Waals surface area contributed by atoms with Gasteiger partial charge in [0.15, 0.2) is 0 Å². The number of hydrogen-bond donors (Lipinski definition) is 5. The second-order valence-corrected chi connectivity index (χ2v) is 8.02. The molecule has 0 aromatic carbocycles. The topological polar surface area (TPSA) is 195 Å². The van der Waals surface area contributed by atoms with Crippen molar-refractivity contribution in [2.45, 2.75) is 25.3 Å². The van der Waals surface area contributed by atoms with Crippen molar-refractivity contribution in [3.05, 3.63) is 0 Å². The van der Waals surface area contributed by atoms with Crippen molar-refractivity contribution in [3.8, 4) is 12.3 Å². The molecule has 14 nitrogen and oxygen atoms in total. The molecule has 0 aliphatic rings. The molecule has 0 fully saturated rings. The third kappa shape index (κ3) is 25.7. The van der Waals surface area contributed by atoms with Crippen LogP contribution in [0.3, 0.4) is 0 Å². The van der Waals surface area contributed by atoms with Gasteiger partial charge in [-0.2, -0.15) is 0 Å². The second-order valence-electron chi connectivity index (χ2n) is 8.02. The Hall–Kier alpha value is -2.35. The van der Waals surface area contributed by atoms with Crippen molar-refractivity contribution in [3.63, 3.8) is 0 Å². The van der Waals surface area contributed by atoms with Gasteiger partial charge in [-0.15, -0.1) is 6.42 Å². The fourth-order valence-corrected chi connectivity index (χ4v) is 2.89. The van der Waals surface area contributed by atoms with E-state index in [-0.39, 0.29) is 38.2 Å². The van der Waals surface area contributed by atoms with E-state index in [1.165, 1.54) is 0 Å². The molecule has 0 saturated carbocycles. The van der Waals surface area contributed by atoms with E-state index < -0.39 is 11.9 Å². The molecule has 0 aromatic heterocycles. The molecule has 14 heteroatoms. The quantitative estimate of drug-likeness (QED) is 0.0501. The van der Waals surface area contributed by atoms with Gasteiger partial charge in [-0.3, -0.25) is 14.4 Å². The van der Waals surface area contributed by atoms with Gasteiger partial charge in [-0.25, -0.2) is 0 Å². The predicted molar refractivity (Wildman–Crippen MR) is 144 cm³/mol. The van der Waals surface area contributed by atoms with Gasteiger partial charge in [0.1, 0.15) is 19.3 Å². The van der Waals surface area contributed by atoms with Crippen molar-refractivity contribution in [2.24, 2.45) is 11.5 Å². The van der Waals surface area contributed by atoms with Crippen LogP contribution in [0.4, 0.5) is 0 Å². The van der Waals surface area contributed by atoms with Crippen LogP contribution in [-0.4, -0.2) is 129 Å². The van der Waals surface area contributed by atoms with E-state index in [1.807, 2.05) is 0 Å². The molecule has 0 aliphatic heterocycles. The van der Waals surface area contributed by atoms with Gasteiger partial charge in [0, 0.05) is 19.6 Å². The third-order valence-electron chi connectivity index (χ3n) is 4.74. The summed E-state index contributed by atoms with van der Waals surface area (Å²) in [6.45, 7) is 4.98. The fraction of sp³-hybridized carbons (Fsp3) is 0.800. The van der Waals surface area contributed by atoms with Gasteiger partial charge in [0.25, 0.3) is 0 Å². The van der Waals surface area contributed by atoms with Crippen LogP contribution < -0.4 is 27.4 Å². The van der Waals surface area contributed by atoms with Gasteiger partial charge in [0.05, 0.1) is 72.6 Å². The van der Waals surface area contributed by atoms with Gasteiger partial charge < -0.3 is 55.8 Å². The van der Waals surface area contributed by atoms with Crippen molar-refractivity contribution >= 4 is 17.7 Å².